The summed E-state index contributed by atoms with van der Waals surface area (Å²) in [6.07, 6.45) is 6.20. The first-order valence-electron chi connectivity index (χ1n) is 7.39. The van der Waals surface area contributed by atoms with Crippen LogP contribution in [-0.2, 0) is 11.3 Å². The Morgan fingerprint density at radius 3 is 3.05 bits per heavy atom. The van der Waals surface area contributed by atoms with Crippen LogP contribution in [0.15, 0.2) is 22.7 Å². The number of hydrogen-bond acceptors (Lipinski definition) is 2. The van der Waals surface area contributed by atoms with Crippen molar-refractivity contribution in [1.29, 1.82) is 0 Å². The van der Waals surface area contributed by atoms with E-state index in [1.165, 1.54) is 38.3 Å². The minimum absolute atomic E-state index is 0.194. The zero-order chi connectivity index (χ0) is 14.4. The van der Waals surface area contributed by atoms with E-state index in [0.29, 0.717) is 24.8 Å². The second-order valence-corrected chi connectivity index (χ2v) is 6.48. The predicted molar refractivity (Wildman–Crippen MR) is 83.3 cm³/mol. The molecule has 20 heavy (non-hydrogen) atoms. The van der Waals surface area contributed by atoms with Crippen LogP contribution >= 0.6 is 15.9 Å². The fourth-order valence-corrected chi connectivity index (χ4v) is 3.17. The Balaban J connectivity index is 1.65. The van der Waals surface area contributed by atoms with Gasteiger partial charge in [-0.05, 0) is 57.5 Å². The fourth-order valence-electron chi connectivity index (χ4n) is 2.77. The fraction of sp³-hybridized carbons (Fsp3) is 0.625. The Morgan fingerprint density at radius 2 is 2.25 bits per heavy atom. The van der Waals surface area contributed by atoms with Crippen LogP contribution < -0.4 is 0 Å². The molecular formula is C16H23BrFNO. The summed E-state index contributed by atoms with van der Waals surface area (Å²) >= 11 is 3.35. The maximum Gasteiger partial charge on any atom is 0.128 e. The molecule has 1 heterocycles. The highest BCUT2D eigenvalue weighted by Crippen LogP contribution is 2.19. The van der Waals surface area contributed by atoms with Gasteiger partial charge in [-0.15, -0.1) is 0 Å². The number of halogens is 2. The van der Waals surface area contributed by atoms with Gasteiger partial charge < -0.3 is 9.64 Å². The van der Waals surface area contributed by atoms with E-state index < -0.39 is 0 Å². The third-order valence-corrected chi connectivity index (χ3v) is 4.51. The van der Waals surface area contributed by atoms with Crippen molar-refractivity contribution >= 4 is 15.9 Å². The van der Waals surface area contributed by atoms with E-state index in [1.54, 1.807) is 12.1 Å². The van der Waals surface area contributed by atoms with E-state index in [4.69, 9.17) is 4.74 Å². The first kappa shape index (κ1) is 15.9. The van der Waals surface area contributed by atoms with E-state index in [9.17, 15) is 4.39 Å². The van der Waals surface area contributed by atoms with Crippen molar-refractivity contribution in [1.82, 2.24) is 4.90 Å². The maximum atomic E-state index is 13.5. The monoisotopic (exact) mass is 343 g/mol. The highest BCUT2D eigenvalue weighted by molar-refractivity contribution is 9.10. The number of hydrogen-bond donors (Lipinski definition) is 0. The Labute approximate surface area is 129 Å². The smallest absolute Gasteiger partial charge is 0.128 e. The van der Waals surface area contributed by atoms with Gasteiger partial charge in [0.2, 0.25) is 0 Å². The third kappa shape index (κ3) is 4.83. The van der Waals surface area contributed by atoms with Gasteiger partial charge in [-0.25, -0.2) is 4.39 Å². The highest BCUT2D eigenvalue weighted by Gasteiger charge is 2.17. The van der Waals surface area contributed by atoms with Gasteiger partial charge in [0.1, 0.15) is 5.82 Å². The van der Waals surface area contributed by atoms with E-state index in [-0.39, 0.29) is 5.82 Å². The predicted octanol–water partition coefficient (Wildman–Crippen LogP) is 4.37. The SMILES string of the molecule is CN1CCCCC1CCCOCc1cc(Br)ccc1F. The maximum absolute atomic E-state index is 13.5. The van der Waals surface area contributed by atoms with Crippen molar-refractivity contribution in [3.8, 4) is 0 Å². The van der Waals surface area contributed by atoms with Crippen LogP contribution in [0.2, 0.25) is 0 Å². The van der Waals surface area contributed by atoms with Crippen molar-refractivity contribution in [2.45, 2.75) is 44.8 Å². The van der Waals surface area contributed by atoms with Gasteiger partial charge in [-0.2, -0.15) is 0 Å². The molecule has 0 bridgehead atoms. The lowest BCUT2D eigenvalue weighted by Crippen LogP contribution is -2.36. The van der Waals surface area contributed by atoms with Gasteiger partial charge in [0.15, 0.2) is 0 Å². The summed E-state index contributed by atoms with van der Waals surface area (Å²) in [7, 11) is 2.21. The summed E-state index contributed by atoms with van der Waals surface area (Å²) in [5, 5.41) is 0. The molecule has 1 aromatic rings. The van der Waals surface area contributed by atoms with Crippen molar-refractivity contribution in [3.63, 3.8) is 0 Å². The third-order valence-electron chi connectivity index (χ3n) is 4.01. The number of nitrogens with zero attached hydrogens (tertiary/aromatic N) is 1. The Bertz CT molecular complexity index is 427. The van der Waals surface area contributed by atoms with Gasteiger partial charge in [-0.3, -0.25) is 0 Å². The van der Waals surface area contributed by atoms with Crippen LogP contribution in [0.3, 0.4) is 0 Å². The topological polar surface area (TPSA) is 12.5 Å². The first-order valence-corrected chi connectivity index (χ1v) is 8.18. The molecule has 1 aliphatic rings. The lowest BCUT2D eigenvalue weighted by Gasteiger charge is -2.32. The van der Waals surface area contributed by atoms with Crippen LogP contribution in [0.1, 0.15) is 37.7 Å². The molecule has 0 saturated carbocycles. The molecule has 1 atom stereocenters. The molecule has 1 aliphatic heterocycles. The van der Waals surface area contributed by atoms with Crippen molar-refractivity contribution in [3.05, 3.63) is 34.1 Å². The average Bonchev–Trinajstić information content (AvgIpc) is 2.44. The van der Waals surface area contributed by atoms with E-state index in [1.807, 2.05) is 0 Å². The minimum Gasteiger partial charge on any atom is -0.377 e. The van der Waals surface area contributed by atoms with E-state index >= 15 is 0 Å². The van der Waals surface area contributed by atoms with Gasteiger partial charge in [0, 0.05) is 22.7 Å². The largest absolute Gasteiger partial charge is 0.377 e. The minimum atomic E-state index is -0.194. The molecule has 2 nitrogen and oxygen atoms in total. The summed E-state index contributed by atoms with van der Waals surface area (Å²) in [5.74, 6) is -0.194. The molecule has 0 aliphatic carbocycles. The van der Waals surface area contributed by atoms with Crippen LogP contribution in [0, 0.1) is 5.82 Å². The van der Waals surface area contributed by atoms with Crippen LogP contribution in [0.25, 0.3) is 0 Å². The molecule has 0 radical (unpaired) electrons. The first-order chi connectivity index (χ1) is 9.66. The Hall–Kier alpha value is -0.450. The molecule has 0 aromatic heterocycles. The summed E-state index contributed by atoms with van der Waals surface area (Å²) in [6, 6.07) is 5.66. The molecule has 2 rings (SSSR count). The zero-order valence-electron chi connectivity index (χ0n) is 12.1. The number of piperidine rings is 1. The van der Waals surface area contributed by atoms with Crippen molar-refractivity contribution in [2.75, 3.05) is 20.2 Å². The highest BCUT2D eigenvalue weighted by atomic mass is 79.9. The number of likely N-dealkylation sites (tertiary alicyclic amines) is 1. The molecule has 0 N–H and O–H groups in total. The normalized spacial score (nSPS) is 20.2. The molecule has 0 spiro atoms. The standard InChI is InChI=1S/C16H23BrFNO/c1-19-9-3-2-5-15(19)6-4-10-20-12-13-11-14(17)7-8-16(13)18/h7-8,11,15H,2-6,9-10,12H2,1H3. The zero-order valence-corrected chi connectivity index (χ0v) is 13.7. The number of rotatable bonds is 6. The van der Waals surface area contributed by atoms with E-state index in [2.05, 4.69) is 27.9 Å². The molecule has 1 unspecified atom stereocenters. The molecular weight excluding hydrogens is 321 g/mol. The summed E-state index contributed by atoms with van der Waals surface area (Å²) in [6.45, 7) is 2.27. The Kier molecular flexibility index (Phi) is 6.46. The number of benzene rings is 1. The molecule has 112 valence electrons. The molecule has 1 saturated heterocycles. The summed E-state index contributed by atoms with van der Waals surface area (Å²) < 4.78 is 20.0. The van der Waals surface area contributed by atoms with Crippen LogP contribution in [0.4, 0.5) is 4.39 Å². The number of ether oxygens (including phenoxy) is 1. The summed E-state index contributed by atoms with van der Waals surface area (Å²) in [5.41, 5.74) is 0.620. The van der Waals surface area contributed by atoms with Crippen molar-refractivity contribution in [2.24, 2.45) is 0 Å². The van der Waals surface area contributed by atoms with Gasteiger partial charge in [0.05, 0.1) is 6.61 Å². The van der Waals surface area contributed by atoms with Crippen molar-refractivity contribution < 1.29 is 9.13 Å². The lowest BCUT2D eigenvalue weighted by atomic mass is 9.99. The van der Waals surface area contributed by atoms with Gasteiger partial charge >= 0.3 is 0 Å². The second kappa shape index (κ2) is 8.11. The van der Waals surface area contributed by atoms with Crippen LogP contribution in [-0.4, -0.2) is 31.1 Å². The Morgan fingerprint density at radius 1 is 1.40 bits per heavy atom. The van der Waals surface area contributed by atoms with Gasteiger partial charge in [0.25, 0.3) is 0 Å². The lowest BCUT2D eigenvalue weighted by molar-refractivity contribution is 0.101. The average molecular weight is 344 g/mol. The second-order valence-electron chi connectivity index (χ2n) is 5.56. The summed E-state index contributed by atoms with van der Waals surface area (Å²) in [4.78, 5) is 2.46. The van der Waals surface area contributed by atoms with E-state index in [0.717, 1.165) is 10.9 Å². The molecule has 1 aromatic carbocycles. The molecule has 0 amide bonds. The quantitative estimate of drug-likeness (QED) is 0.711. The molecule has 1 fully saturated rings. The van der Waals surface area contributed by atoms with Gasteiger partial charge in [-0.1, -0.05) is 22.4 Å². The van der Waals surface area contributed by atoms with Crippen LogP contribution in [0.5, 0.6) is 0 Å². The molecule has 4 heteroatoms.